The van der Waals surface area contributed by atoms with Gasteiger partial charge in [-0.25, -0.2) is 0 Å². The number of furan rings is 1. The Bertz CT molecular complexity index is 422. The first kappa shape index (κ1) is 14.1. The van der Waals surface area contributed by atoms with Gasteiger partial charge in [0.1, 0.15) is 17.6 Å². The van der Waals surface area contributed by atoms with Crippen molar-refractivity contribution in [1.82, 2.24) is 9.80 Å². The molecule has 2 rings (SSSR count). The summed E-state index contributed by atoms with van der Waals surface area (Å²) in [6.45, 7) is 5.42. The summed E-state index contributed by atoms with van der Waals surface area (Å²) in [5.41, 5.74) is 0. The van der Waals surface area contributed by atoms with E-state index in [9.17, 15) is 9.90 Å². The number of aryl methyl sites for hydroxylation is 2. The highest BCUT2D eigenvalue weighted by Gasteiger charge is 2.27. The third-order valence-corrected chi connectivity index (χ3v) is 3.72. The number of piperazine rings is 1. The zero-order valence-corrected chi connectivity index (χ0v) is 11.6. The van der Waals surface area contributed by atoms with Crippen molar-refractivity contribution in [2.75, 3.05) is 33.2 Å². The minimum atomic E-state index is -0.729. The lowest BCUT2D eigenvalue weighted by Gasteiger charge is -2.36. The first-order valence-electron chi connectivity index (χ1n) is 6.77. The van der Waals surface area contributed by atoms with E-state index in [-0.39, 0.29) is 0 Å². The van der Waals surface area contributed by atoms with Gasteiger partial charge in [-0.1, -0.05) is 0 Å². The molecule has 19 heavy (non-hydrogen) atoms. The predicted molar refractivity (Wildman–Crippen MR) is 72.3 cm³/mol. The second-order valence-electron chi connectivity index (χ2n) is 5.24. The second-order valence-corrected chi connectivity index (χ2v) is 5.24. The molecule has 0 spiro atoms. The fourth-order valence-corrected chi connectivity index (χ4v) is 2.49. The summed E-state index contributed by atoms with van der Waals surface area (Å²) in [5.74, 6) is 1.02. The Hall–Kier alpha value is -1.33. The molecule has 0 aromatic carbocycles. The first-order chi connectivity index (χ1) is 9.06. The number of carboxylic acids is 1. The molecule has 2 heterocycles. The summed E-state index contributed by atoms with van der Waals surface area (Å²) in [5, 5.41) is 9.39. The van der Waals surface area contributed by atoms with E-state index in [1.807, 2.05) is 19.1 Å². The molecule has 1 aromatic rings. The average molecular weight is 266 g/mol. The monoisotopic (exact) mass is 266 g/mol. The van der Waals surface area contributed by atoms with Gasteiger partial charge in [-0.3, -0.25) is 9.69 Å². The van der Waals surface area contributed by atoms with Gasteiger partial charge in [0.15, 0.2) is 0 Å². The van der Waals surface area contributed by atoms with Crippen LogP contribution >= 0.6 is 0 Å². The van der Waals surface area contributed by atoms with Crippen LogP contribution in [0.3, 0.4) is 0 Å². The quantitative estimate of drug-likeness (QED) is 0.868. The summed E-state index contributed by atoms with van der Waals surface area (Å²) >= 11 is 0. The highest BCUT2D eigenvalue weighted by Crippen LogP contribution is 2.14. The van der Waals surface area contributed by atoms with Crippen molar-refractivity contribution in [2.24, 2.45) is 0 Å². The molecule has 1 aliphatic rings. The maximum atomic E-state index is 11.4. The molecular weight excluding hydrogens is 244 g/mol. The van der Waals surface area contributed by atoms with Crippen LogP contribution in [0.4, 0.5) is 0 Å². The fourth-order valence-electron chi connectivity index (χ4n) is 2.49. The maximum Gasteiger partial charge on any atom is 0.320 e. The van der Waals surface area contributed by atoms with Crippen molar-refractivity contribution < 1.29 is 14.3 Å². The van der Waals surface area contributed by atoms with E-state index in [2.05, 4.69) is 16.8 Å². The zero-order valence-electron chi connectivity index (χ0n) is 11.6. The minimum absolute atomic E-state index is 0.404. The summed E-state index contributed by atoms with van der Waals surface area (Å²) < 4.78 is 5.50. The normalized spacial score (nSPS) is 19.5. The average Bonchev–Trinajstić information content (AvgIpc) is 2.77. The lowest BCUT2D eigenvalue weighted by Crippen LogP contribution is -2.51. The van der Waals surface area contributed by atoms with E-state index < -0.39 is 12.0 Å². The molecular formula is C14H22N2O3. The number of carbonyl (C=O) groups is 1. The Morgan fingerprint density at radius 1 is 1.37 bits per heavy atom. The molecule has 0 aliphatic carbocycles. The summed E-state index contributed by atoms with van der Waals surface area (Å²) in [7, 11) is 2.07. The summed E-state index contributed by atoms with van der Waals surface area (Å²) in [6.07, 6.45) is 1.28. The van der Waals surface area contributed by atoms with Crippen LogP contribution in [-0.4, -0.2) is 60.1 Å². The molecule has 0 radical (unpaired) electrons. The Kier molecular flexibility index (Phi) is 4.61. The number of rotatable bonds is 5. The smallest absolute Gasteiger partial charge is 0.320 e. The van der Waals surface area contributed by atoms with E-state index in [0.717, 1.165) is 37.7 Å². The lowest BCUT2D eigenvalue weighted by molar-refractivity contribution is -0.144. The topological polar surface area (TPSA) is 56.9 Å². The molecule has 1 saturated heterocycles. The largest absolute Gasteiger partial charge is 0.480 e. The van der Waals surface area contributed by atoms with Crippen LogP contribution in [0.25, 0.3) is 0 Å². The van der Waals surface area contributed by atoms with Gasteiger partial charge in [-0.2, -0.15) is 0 Å². The number of hydrogen-bond donors (Lipinski definition) is 1. The van der Waals surface area contributed by atoms with Gasteiger partial charge < -0.3 is 14.4 Å². The van der Waals surface area contributed by atoms with Crippen molar-refractivity contribution in [1.29, 1.82) is 0 Å². The van der Waals surface area contributed by atoms with Gasteiger partial charge in [-0.15, -0.1) is 0 Å². The molecule has 0 bridgehead atoms. The van der Waals surface area contributed by atoms with Gasteiger partial charge in [0, 0.05) is 32.6 Å². The van der Waals surface area contributed by atoms with Crippen LogP contribution < -0.4 is 0 Å². The summed E-state index contributed by atoms with van der Waals surface area (Å²) in [6, 6.07) is 3.44. The first-order valence-corrected chi connectivity index (χ1v) is 6.77. The molecule has 5 heteroatoms. The summed E-state index contributed by atoms with van der Waals surface area (Å²) in [4.78, 5) is 15.7. The van der Waals surface area contributed by atoms with Crippen LogP contribution in [0.1, 0.15) is 17.9 Å². The van der Waals surface area contributed by atoms with Crippen molar-refractivity contribution in [2.45, 2.75) is 25.8 Å². The number of hydrogen-bond acceptors (Lipinski definition) is 4. The van der Waals surface area contributed by atoms with E-state index in [4.69, 9.17) is 4.42 Å². The Labute approximate surface area is 113 Å². The van der Waals surface area contributed by atoms with E-state index in [1.54, 1.807) is 0 Å². The van der Waals surface area contributed by atoms with Gasteiger partial charge in [0.05, 0.1) is 0 Å². The molecule has 0 saturated carbocycles. The molecule has 5 nitrogen and oxygen atoms in total. The van der Waals surface area contributed by atoms with E-state index >= 15 is 0 Å². The molecule has 1 N–H and O–H groups in total. The third-order valence-electron chi connectivity index (χ3n) is 3.72. The van der Waals surface area contributed by atoms with E-state index in [0.29, 0.717) is 12.8 Å². The van der Waals surface area contributed by atoms with Crippen LogP contribution in [0, 0.1) is 6.92 Å². The van der Waals surface area contributed by atoms with E-state index in [1.165, 1.54) is 0 Å². The number of nitrogens with zero attached hydrogens (tertiary/aromatic N) is 2. The molecule has 1 fully saturated rings. The van der Waals surface area contributed by atoms with Crippen LogP contribution in [0.2, 0.25) is 0 Å². The molecule has 0 amide bonds. The lowest BCUT2D eigenvalue weighted by atomic mass is 10.1. The number of carboxylic acid groups (broad SMARTS) is 1. The molecule has 1 unspecified atom stereocenters. The van der Waals surface area contributed by atoms with Gasteiger partial charge in [-0.05, 0) is 32.5 Å². The molecule has 1 aliphatic heterocycles. The Morgan fingerprint density at radius 3 is 2.58 bits per heavy atom. The Balaban J connectivity index is 1.91. The van der Waals surface area contributed by atoms with Gasteiger partial charge in [0.25, 0.3) is 0 Å². The van der Waals surface area contributed by atoms with Gasteiger partial charge >= 0.3 is 5.97 Å². The molecule has 1 aromatic heterocycles. The fraction of sp³-hybridized carbons (Fsp3) is 0.643. The minimum Gasteiger partial charge on any atom is -0.480 e. The highest BCUT2D eigenvalue weighted by atomic mass is 16.4. The third kappa shape index (κ3) is 3.81. The zero-order chi connectivity index (χ0) is 13.8. The van der Waals surface area contributed by atoms with Crippen LogP contribution in [0.5, 0.6) is 0 Å². The number of aliphatic carboxylic acids is 1. The molecule has 106 valence electrons. The predicted octanol–water partition coefficient (Wildman–Crippen LogP) is 1.22. The van der Waals surface area contributed by atoms with Crippen molar-refractivity contribution >= 4 is 5.97 Å². The number of likely N-dealkylation sites (N-methyl/N-ethyl adjacent to an activating group) is 1. The maximum absolute atomic E-state index is 11.4. The molecule has 1 atom stereocenters. The van der Waals surface area contributed by atoms with Crippen LogP contribution in [0.15, 0.2) is 16.5 Å². The Morgan fingerprint density at radius 2 is 2.05 bits per heavy atom. The van der Waals surface area contributed by atoms with Crippen molar-refractivity contribution in [3.63, 3.8) is 0 Å². The second kappa shape index (κ2) is 6.21. The highest BCUT2D eigenvalue weighted by molar-refractivity contribution is 5.73. The van der Waals surface area contributed by atoms with Crippen molar-refractivity contribution in [3.8, 4) is 0 Å². The van der Waals surface area contributed by atoms with Crippen LogP contribution in [-0.2, 0) is 11.2 Å². The SMILES string of the molecule is Cc1ccc(CCC(C(=O)O)N2CCN(C)CC2)o1. The standard InChI is InChI=1S/C14H22N2O3/c1-11-3-4-12(19-11)5-6-13(14(17)18)16-9-7-15(2)8-10-16/h3-4,13H,5-10H2,1-2H3,(H,17,18). The van der Waals surface area contributed by atoms with Gasteiger partial charge in [0.2, 0.25) is 0 Å². The van der Waals surface area contributed by atoms with Crippen molar-refractivity contribution in [3.05, 3.63) is 23.7 Å².